The van der Waals surface area contributed by atoms with E-state index in [-0.39, 0.29) is 12.0 Å². The molecule has 0 unspecified atom stereocenters. The van der Waals surface area contributed by atoms with Crippen LogP contribution in [0.5, 0.6) is 5.75 Å². The highest BCUT2D eigenvalue weighted by Gasteiger charge is 2.48. The molecule has 1 rings (SSSR count). The Morgan fingerprint density at radius 1 is 1.14 bits per heavy atom. The van der Waals surface area contributed by atoms with Crippen LogP contribution in [0, 0.1) is 0 Å². The van der Waals surface area contributed by atoms with Crippen molar-refractivity contribution in [3.8, 4) is 5.75 Å². The normalized spacial score (nSPS) is 13.7. The summed E-state index contributed by atoms with van der Waals surface area (Å²) in [7, 11) is -5.79. The average molecular weight is 344 g/mol. The molecular weight excluding hydrogens is 331 g/mol. The van der Waals surface area contributed by atoms with Gasteiger partial charge in [0, 0.05) is 12.0 Å². The summed E-state index contributed by atoms with van der Waals surface area (Å²) in [5, 5.41) is 0. The highest BCUT2D eigenvalue weighted by molar-refractivity contribution is 7.87. The van der Waals surface area contributed by atoms with Crippen molar-refractivity contribution in [2.24, 2.45) is 0 Å². The van der Waals surface area contributed by atoms with Crippen LogP contribution in [0.25, 0.3) is 5.83 Å². The second-order valence-electron chi connectivity index (χ2n) is 4.33. The zero-order valence-electron chi connectivity index (χ0n) is 11.5. The third-order valence-electron chi connectivity index (χ3n) is 2.59. The van der Waals surface area contributed by atoms with Crippen molar-refractivity contribution in [1.29, 1.82) is 0 Å². The van der Waals surface area contributed by atoms with Crippen molar-refractivity contribution in [3.63, 3.8) is 0 Å². The number of rotatable bonds is 6. The molecule has 0 saturated heterocycles. The van der Waals surface area contributed by atoms with Gasteiger partial charge in [0.1, 0.15) is 11.6 Å². The van der Waals surface area contributed by atoms with Crippen molar-refractivity contribution in [1.82, 2.24) is 0 Å². The third kappa shape index (κ3) is 4.69. The molecule has 22 heavy (non-hydrogen) atoms. The molecule has 0 aliphatic rings. The molecule has 9 heteroatoms. The smallest absolute Gasteiger partial charge is 0.376 e. The number of halogens is 5. The fourth-order valence-corrected chi connectivity index (χ4v) is 1.89. The topological polar surface area (TPSA) is 43.4 Å². The van der Waals surface area contributed by atoms with E-state index in [0.29, 0.717) is 12.8 Å². The number of unbranched alkanes of at least 4 members (excludes halogenated alkanes) is 1. The molecule has 0 N–H and O–H groups in total. The fourth-order valence-electron chi connectivity index (χ4n) is 1.43. The van der Waals surface area contributed by atoms with Crippen molar-refractivity contribution in [2.75, 3.05) is 0 Å². The lowest BCUT2D eigenvalue weighted by atomic mass is 10.1. The van der Waals surface area contributed by atoms with Gasteiger partial charge in [-0.3, -0.25) is 0 Å². The zero-order valence-corrected chi connectivity index (χ0v) is 12.3. The molecule has 0 amide bonds. The van der Waals surface area contributed by atoms with Crippen LogP contribution in [-0.2, 0) is 10.1 Å². The Balaban J connectivity index is 2.92. The Hall–Kier alpha value is -1.64. The van der Waals surface area contributed by atoms with E-state index in [9.17, 15) is 30.4 Å². The summed E-state index contributed by atoms with van der Waals surface area (Å²) in [6.07, 6.45) is 1.02. The lowest BCUT2D eigenvalue weighted by molar-refractivity contribution is -0.0500. The molecule has 124 valence electrons. The Morgan fingerprint density at radius 3 is 2.14 bits per heavy atom. The van der Waals surface area contributed by atoms with Crippen LogP contribution in [0.3, 0.4) is 0 Å². The Bertz CT molecular complexity index is 633. The summed E-state index contributed by atoms with van der Waals surface area (Å²) in [5.41, 5.74) is -5.78. The zero-order chi connectivity index (χ0) is 17.0. The number of hydrogen-bond donors (Lipinski definition) is 0. The highest BCUT2D eigenvalue weighted by Crippen LogP contribution is 2.29. The first-order valence-corrected chi connectivity index (χ1v) is 7.64. The molecule has 3 nitrogen and oxygen atoms in total. The van der Waals surface area contributed by atoms with E-state index >= 15 is 0 Å². The molecule has 0 bridgehead atoms. The molecule has 0 fully saturated rings. The average Bonchev–Trinajstić information content (AvgIpc) is 2.43. The maximum atomic E-state index is 13.7. The Labute approximate surface area is 124 Å². The van der Waals surface area contributed by atoms with Crippen LogP contribution in [0.15, 0.2) is 30.1 Å². The van der Waals surface area contributed by atoms with Gasteiger partial charge in [-0.2, -0.15) is 21.6 Å². The van der Waals surface area contributed by atoms with Crippen molar-refractivity contribution < 1.29 is 34.6 Å². The van der Waals surface area contributed by atoms with Gasteiger partial charge >= 0.3 is 15.6 Å². The summed E-state index contributed by atoms with van der Waals surface area (Å²) < 4.78 is 88.9. The van der Waals surface area contributed by atoms with Crippen LogP contribution in [0.4, 0.5) is 22.0 Å². The number of hydrogen-bond acceptors (Lipinski definition) is 3. The first-order chi connectivity index (χ1) is 10.1. The highest BCUT2D eigenvalue weighted by atomic mass is 32.2. The number of alkyl halides is 3. The van der Waals surface area contributed by atoms with Crippen LogP contribution >= 0.6 is 0 Å². The van der Waals surface area contributed by atoms with Gasteiger partial charge in [-0.1, -0.05) is 13.3 Å². The minimum atomic E-state index is -5.79. The summed E-state index contributed by atoms with van der Waals surface area (Å²) in [5.74, 6) is -2.76. The van der Waals surface area contributed by atoms with Crippen molar-refractivity contribution in [2.45, 2.75) is 31.7 Å². The van der Waals surface area contributed by atoms with Crippen molar-refractivity contribution >= 4 is 15.9 Å². The van der Waals surface area contributed by atoms with E-state index in [1.807, 2.05) is 0 Å². The lowest BCUT2D eigenvalue weighted by Crippen LogP contribution is -2.28. The van der Waals surface area contributed by atoms with Gasteiger partial charge in [0.15, 0.2) is 5.83 Å². The molecule has 0 spiro atoms. The molecule has 0 radical (unpaired) electrons. The molecule has 0 aromatic heterocycles. The monoisotopic (exact) mass is 344 g/mol. The number of benzene rings is 1. The van der Waals surface area contributed by atoms with Gasteiger partial charge in [0.05, 0.1) is 0 Å². The minimum absolute atomic E-state index is 0.0942. The lowest BCUT2D eigenvalue weighted by Gasteiger charge is -2.09. The summed E-state index contributed by atoms with van der Waals surface area (Å²) >= 11 is 0. The molecule has 0 aliphatic heterocycles. The summed E-state index contributed by atoms with van der Waals surface area (Å²) in [6, 6.07) is 3.49. The van der Waals surface area contributed by atoms with Gasteiger partial charge in [-0.15, -0.1) is 0 Å². The predicted octanol–water partition coefficient (Wildman–Crippen LogP) is 4.71. The minimum Gasteiger partial charge on any atom is -0.376 e. The summed E-state index contributed by atoms with van der Waals surface area (Å²) in [6.45, 7) is 1.80. The van der Waals surface area contributed by atoms with Crippen molar-refractivity contribution in [3.05, 3.63) is 35.7 Å². The van der Waals surface area contributed by atoms with Gasteiger partial charge < -0.3 is 4.18 Å². The Morgan fingerprint density at radius 2 is 1.68 bits per heavy atom. The van der Waals surface area contributed by atoms with E-state index < -0.39 is 33.0 Å². The van der Waals surface area contributed by atoms with E-state index in [0.717, 1.165) is 24.3 Å². The molecule has 1 aromatic rings. The van der Waals surface area contributed by atoms with Crippen LogP contribution < -0.4 is 4.18 Å². The second kappa shape index (κ2) is 7.08. The first kappa shape index (κ1) is 18.4. The van der Waals surface area contributed by atoms with E-state index in [1.54, 1.807) is 6.92 Å². The van der Waals surface area contributed by atoms with Gasteiger partial charge in [0.25, 0.3) is 0 Å². The van der Waals surface area contributed by atoms with Crippen LogP contribution in [-0.4, -0.2) is 13.9 Å². The molecule has 0 heterocycles. The second-order valence-corrected chi connectivity index (χ2v) is 5.87. The molecular formula is C13H13F5O3S. The molecule has 0 saturated carbocycles. The third-order valence-corrected chi connectivity index (χ3v) is 3.56. The van der Waals surface area contributed by atoms with E-state index in [4.69, 9.17) is 0 Å². The molecule has 1 aromatic carbocycles. The first-order valence-electron chi connectivity index (χ1n) is 6.24. The molecule has 0 atom stereocenters. The van der Waals surface area contributed by atoms with Gasteiger partial charge in [0.2, 0.25) is 0 Å². The standard InChI is InChI=1S/C13H13F5O3S/c1-2-3-4-11(14)12(15)9-5-7-10(8-6-9)21-22(19,20)13(16,17)18/h5-8H,2-4H2,1H3/b12-11+. The SMILES string of the molecule is CCCC/C(F)=C(\F)c1ccc(OS(=O)(=O)C(F)(F)F)cc1. The number of allylic oxidation sites excluding steroid dienone is 1. The van der Waals surface area contributed by atoms with E-state index in [1.165, 1.54) is 0 Å². The van der Waals surface area contributed by atoms with Crippen LogP contribution in [0.1, 0.15) is 31.7 Å². The van der Waals surface area contributed by atoms with Gasteiger partial charge in [-0.25, -0.2) is 8.78 Å². The predicted molar refractivity (Wildman–Crippen MR) is 70.7 cm³/mol. The van der Waals surface area contributed by atoms with Gasteiger partial charge in [-0.05, 0) is 30.7 Å². The maximum absolute atomic E-state index is 13.7. The van der Waals surface area contributed by atoms with Crippen LogP contribution in [0.2, 0.25) is 0 Å². The van der Waals surface area contributed by atoms with E-state index in [2.05, 4.69) is 4.18 Å². The maximum Gasteiger partial charge on any atom is 0.534 e. The Kier molecular flexibility index (Phi) is 5.92. The largest absolute Gasteiger partial charge is 0.534 e. The summed E-state index contributed by atoms with van der Waals surface area (Å²) in [4.78, 5) is 0. The molecule has 0 aliphatic carbocycles. The fraction of sp³-hybridized carbons (Fsp3) is 0.385. The quantitative estimate of drug-likeness (QED) is 0.426.